The number of methoxy groups -OCH3 is 1. The van der Waals surface area contributed by atoms with Crippen molar-refractivity contribution in [2.75, 3.05) is 31.7 Å². The molecule has 0 saturated carbocycles. The average molecular weight is 536 g/mol. The third-order valence-corrected chi connectivity index (χ3v) is 7.44. The van der Waals surface area contributed by atoms with Gasteiger partial charge in [0.15, 0.2) is 5.06 Å². The summed E-state index contributed by atoms with van der Waals surface area (Å²) in [7, 11) is 1.65. The number of amides is 3. The van der Waals surface area contributed by atoms with Gasteiger partial charge in [-0.05, 0) is 71.6 Å². The molecule has 1 aromatic carbocycles. The van der Waals surface area contributed by atoms with Crippen molar-refractivity contribution in [1.29, 1.82) is 0 Å². The molecular formula is C23H26BrN3O5S. The Morgan fingerprint density at radius 2 is 2.09 bits per heavy atom. The van der Waals surface area contributed by atoms with Gasteiger partial charge in [0.2, 0.25) is 5.91 Å². The number of benzene rings is 1. The van der Waals surface area contributed by atoms with Gasteiger partial charge < -0.3 is 24.6 Å². The van der Waals surface area contributed by atoms with Crippen molar-refractivity contribution in [3.63, 3.8) is 0 Å². The molecule has 2 fully saturated rings. The Morgan fingerprint density at radius 3 is 2.79 bits per heavy atom. The van der Waals surface area contributed by atoms with E-state index < -0.39 is 6.09 Å². The number of halogens is 1. The number of hydrogen-bond acceptors (Lipinski definition) is 6. The number of aryl methyl sites for hydroxylation is 1. The molecule has 2 saturated heterocycles. The molecule has 4 rings (SSSR count). The van der Waals surface area contributed by atoms with E-state index in [9.17, 15) is 14.4 Å². The first-order chi connectivity index (χ1) is 15.9. The van der Waals surface area contributed by atoms with Crippen LogP contribution in [-0.2, 0) is 9.53 Å². The number of nitrogens with one attached hydrogen (secondary N) is 1. The number of carbonyl (C=O) groups is 3. The molecule has 0 aliphatic carbocycles. The van der Waals surface area contributed by atoms with E-state index in [-0.39, 0.29) is 30.3 Å². The van der Waals surface area contributed by atoms with Crippen LogP contribution in [0.3, 0.4) is 0 Å². The van der Waals surface area contributed by atoms with Crippen LogP contribution in [0.2, 0.25) is 0 Å². The van der Waals surface area contributed by atoms with Crippen molar-refractivity contribution in [2.24, 2.45) is 0 Å². The summed E-state index contributed by atoms with van der Waals surface area (Å²) in [6.07, 6.45) is 1.52. The zero-order valence-electron chi connectivity index (χ0n) is 18.5. The second kappa shape index (κ2) is 10.2. The van der Waals surface area contributed by atoms with Gasteiger partial charge in [0.05, 0.1) is 22.5 Å². The molecule has 2 aliphatic rings. The summed E-state index contributed by atoms with van der Waals surface area (Å²) < 4.78 is 11.4. The second-order valence-corrected chi connectivity index (χ2v) is 10.7. The molecule has 0 bridgehead atoms. The fraction of sp³-hybridized carbons (Fsp3) is 0.435. The quantitative estimate of drug-likeness (QED) is 0.604. The van der Waals surface area contributed by atoms with E-state index in [4.69, 9.17) is 9.47 Å². The Labute approximate surface area is 205 Å². The molecule has 2 atom stereocenters. The van der Waals surface area contributed by atoms with Crippen LogP contribution in [0.15, 0.2) is 34.1 Å². The van der Waals surface area contributed by atoms with Crippen molar-refractivity contribution < 1.29 is 23.9 Å². The lowest BCUT2D eigenvalue weighted by atomic mass is 10.1. The smallest absolute Gasteiger partial charge is 0.399 e. The van der Waals surface area contributed by atoms with Crippen LogP contribution in [-0.4, -0.2) is 61.7 Å². The highest BCUT2D eigenvalue weighted by Gasteiger charge is 2.33. The van der Waals surface area contributed by atoms with Gasteiger partial charge in [0, 0.05) is 37.9 Å². The van der Waals surface area contributed by atoms with E-state index in [2.05, 4.69) is 21.2 Å². The molecule has 10 heteroatoms. The largest absolute Gasteiger partial charge is 0.413 e. The first-order valence-electron chi connectivity index (χ1n) is 10.8. The maximum atomic E-state index is 13.1. The molecule has 3 amide bonds. The fourth-order valence-corrected chi connectivity index (χ4v) is 5.57. The minimum Gasteiger partial charge on any atom is -0.399 e. The summed E-state index contributed by atoms with van der Waals surface area (Å²) in [5, 5.41) is 3.23. The van der Waals surface area contributed by atoms with Crippen LogP contribution in [0.4, 0.5) is 10.5 Å². The van der Waals surface area contributed by atoms with Crippen molar-refractivity contribution in [2.45, 2.75) is 38.3 Å². The predicted octanol–water partition coefficient (Wildman–Crippen LogP) is 3.96. The number of carbonyl (C=O) groups excluding carboxylic acids is 3. The lowest BCUT2D eigenvalue weighted by Crippen LogP contribution is -2.39. The van der Waals surface area contributed by atoms with Crippen LogP contribution in [0, 0.1) is 6.92 Å². The highest BCUT2D eigenvalue weighted by atomic mass is 79.9. The normalized spacial score (nSPS) is 20.4. The Kier molecular flexibility index (Phi) is 7.35. The SMILES string of the molecule is COC[C@H]1CCCN1C(=O)c1ccc(N2CC(NC(=O)Oc3ccc(Br)s3)CC2=O)cc1C. The standard InChI is InChI=1S/C23H26BrN3O5S/c1-14-10-16(5-6-18(14)22(29)26-9-3-4-17(26)13-31-2)27-12-15(11-20(27)28)25-23(30)32-21-8-7-19(24)33-21/h5-8,10,15,17H,3-4,9,11-13H2,1-2H3,(H,25,30)/t15?,17-/m1/s1. The first-order valence-corrected chi connectivity index (χ1v) is 12.4. The number of likely N-dealkylation sites (tertiary alicyclic amines) is 1. The van der Waals surface area contributed by atoms with Crippen LogP contribution < -0.4 is 15.0 Å². The summed E-state index contributed by atoms with van der Waals surface area (Å²) >= 11 is 4.63. The van der Waals surface area contributed by atoms with Crippen LogP contribution >= 0.6 is 27.3 Å². The molecule has 1 aromatic heterocycles. The lowest BCUT2D eigenvalue weighted by molar-refractivity contribution is -0.117. The molecular weight excluding hydrogens is 510 g/mol. The van der Waals surface area contributed by atoms with Gasteiger partial charge in [-0.1, -0.05) is 11.3 Å². The molecule has 3 heterocycles. The van der Waals surface area contributed by atoms with E-state index in [1.54, 1.807) is 36.3 Å². The van der Waals surface area contributed by atoms with E-state index in [1.165, 1.54) is 11.3 Å². The van der Waals surface area contributed by atoms with E-state index >= 15 is 0 Å². The van der Waals surface area contributed by atoms with Gasteiger partial charge in [-0.2, -0.15) is 0 Å². The monoisotopic (exact) mass is 535 g/mol. The summed E-state index contributed by atoms with van der Waals surface area (Å²) in [6, 6.07) is 8.68. The van der Waals surface area contributed by atoms with E-state index in [0.29, 0.717) is 29.5 Å². The molecule has 176 valence electrons. The number of nitrogens with zero attached hydrogens (tertiary/aromatic N) is 2. The Hall–Kier alpha value is -2.43. The van der Waals surface area contributed by atoms with Gasteiger partial charge in [-0.15, -0.1) is 0 Å². The highest BCUT2D eigenvalue weighted by molar-refractivity contribution is 9.11. The van der Waals surface area contributed by atoms with Crippen LogP contribution in [0.25, 0.3) is 0 Å². The predicted molar refractivity (Wildman–Crippen MR) is 129 cm³/mol. The van der Waals surface area contributed by atoms with Gasteiger partial charge in [-0.3, -0.25) is 9.59 Å². The zero-order valence-corrected chi connectivity index (χ0v) is 20.9. The van der Waals surface area contributed by atoms with Crippen LogP contribution in [0.5, 0.6) is 5.06 Å². The number of anilines is 1. The average Bonchev–Trinajstić information content (AvgIpc) is 3.48. The maximum absolute atomic E-state index is 13.1. The van der Waals surface area contributed by atoms with E-state index in [1.807, 2.05) is 17.9 Å². The van der Waals surface area contributed by atoms with Gasteiger partial charge in [0.25, 0.3) is 5.91 Å². The molecule has 1 unspecified atom stereocenters. The summed E-state index contributed by atoms with van der Waals surface area (Å²) in [5.41, 5.74) is 2.16. The number of rotatable bonds is 6. The number of thiophene rings is 1. The molecule has 33 heavy (non-hydrogen) atoms. The summed E-state index contributed by atoms with van der Waals surface area (Å²) in [4.78, 5) is 41.4. The molecule has 2 aromatic rings. The molecule has 0 radical (unpaired) electrons. The fourth-order valence-electron chi connectivity index (χ4n) is 4.37. The highest BCUT2D eigenvalue weighted by Crippen LogP contribution is 2.29. The maximum Gasteiger partial charge on any atom is 0.413 e. The van der Waals surface area contributed by atoms with Gasteiger partial charge in [0.1, 0.15) is 0 Å². The first kappa shape index (κ1) is 23.7. The van der Waals surface area contributed by atoms with Crippen molar-refractivity contribution in [3.05, 3.63) is 45.2 Å². The van der Waals surface area contributed by atoms with Crippen LogP contribution in [0.1, 0.15) is 35.2 Å². The lowest BCUT2D eigenvalue weighted by Gasteiger charge is -2.25. The van der Waals surface area contributed by atoms with Gasteiger partial charge in [-0.25, -0.2) is 4.79 Å². The Bertz CT molecular complexity index is 1060. The molecule has 0 spiro atoms. The second-order valence-electron chi connectivity index (χ2n) is 8.25. The zero-order chi connectivity index (χ0) is 23.5. The Balaban J connectivity index is 1.39. The molecule has 1 N–H and O–H groups in total. The van der Waals surface area contributed by atoms with Crippen molar-refractivity contribution in [3.8, 4) is 5.06 Å². The minimum absolute atomic E-state index is 0.00569. The topological polar surface area (TPSA) is 88.2 Å². The molecule has 2 aliphatic heterocycles. The Morgan fingerprint density at radius 1 is 1.27 bits per heavy atom. The van der Waals surface area contributed by atoms with Crippen molar-refractivity contribution in [1.82, 2.24) is 10.2 Å². The third-order valence-electron chi connectivity index (χ3n) is 5.94. The van der Waals surface area contributed by atoms with Gasteiger partial charge >= 0.3 is 6.09 Å². The molecule has 8 nitrogen and oxygen atoms in total. The third kappa shape index (κ3) is 5.39. The summed E-state index contributed by atoms with van der Waals surface area (Å²) in [5.74, 6) is -0.0915. The number of ether oxygens (including phenoxy) is 2. The number of hydrogen-bond donors (Lipinski definition) is 1. The van der Waals surface area contributed by atoms with Crippen molar-refractivity contribution >= 4 is 50.9 Å². The summed E-state index contributed by atoms with van der Waals surface area (Å²) in [6.45, 7) is 3.48. The minimum atomic E-state index is -0.586. The van der Waals surface area contributed by atoms with E-state index in [0.717, 1.165) is 28.7 Å².